The van der Waals surface area contributed by atoms with Crippen LogP contribution in [0, 0.1) is 0 Å². The van der Waals surface area contributed by atoms with Gasteiger partial charge in [-0.1, -0.05) is 64.0 Å². The van der Waals surface area contributed by atoms with E-state index in [0.29, 0.717) is 0 Å². The quantitative estimate of drug-likeness (QED) is 0.361. The highest BCUT2D eigenvalue weighted by molar-refractivity contribution is 6.31. The molecule has 0 saturated heterocycles. The van der Waals surface area contributed by atoms with Gasteiger partial charge in [0.2, 0.25) is 0 Å². The lowest BCUT2D eigenvalue weighted by molar-refractivity contribution is 0.270. The Bertz CT molecular complexity index is 647. The zero-order valence-electron chi connectivity index (χ0n) is 17.1. The van der Waals surface area contributed by atoms with Crippen molar-refractivity contribution in [2.45, 2.75) is 65.2 Å². The van der Waals surface area contributed by atoms with Gasteiger partial charge in [-0.3, -0.25) is 4.98 Å². The predicted molar refractivity (Wildman–Crippen MR) is 120 cm³/mol. The molecular weight excluding hydrogens is 354 g/mol. The average Bonchev–Trinajstić information content (AvgIpc) is 2.67. The third-order valence-electron chi connectivity index (χ3n) is 5.10. The van der Waals surface area contributed by atoms with Gasteiger partial charge in [0.15, 0.2) is 0 Å². The number of hydrogen-bond donors (Lipinski definition) is 1. The Morgan fingerprint density at radius 2 is 1.59 bits per heavy atom. The number of benzene rings is 1. The number of rotatable bonds is 14. The van der Waals surface area contributed by atoms with E-state index >= 15 is 0 Å². The van der Waals surface area contributed by atoms with Gasteiger partial charge >= 0.3 is 0 Å². The molecule has 0 radical (unpaired) electrons. The van der Waals surface area contributed by atoms with Crippen LogP contribution in [0.25, 0.3) is 10.9 Å². The normalized spacial score (nSPS) is 11.4. The largest absolute Gasteiger partial charge is 0.383 e. The van der Waals surface area contributed by atoms with Gasteiger partial charge in [-0.2, -0.15) is 0 Å². The van der Waals surface area contributed by atoms with Gasteiger partial charge < -0.3 is 10.2 Å². The van der Waals surface area contributed by atoms with Crippen LogP contribution < -0.4 is 5.32 Å². The van der Waals surface area contributed by atoms with Gasteiger partial charge in [-0.25, -0.2) is 0 Å². The maximum absolute atomic E-state index is 6.09. The molecule has 2 rings (SSSR count). The third kappa shape index (κ3) is 8.06. The number of hydrogen-bond acceptors (Lipinski definition) is 3. The van der Waals surface area contributed by atoms with Crippen LogP contribution in [0.2, 0.25) is 5.02 Å². The minimum Gasteiger partial charge on any atom is -0.383 e. The first-order valence-electron chi connectivity index (χ1n) is 10.7. The number of unbranched alkanes of at least 4 members (excludes halogenated alkanes) is 6. The van der Waals surface area contributed by atoms with Gasteiger partial charge in [-0.15, -0.1) is 0 Å². The monoisotopic (exact) mass is 389 g/mol. The predicted octanol–water partition coefficient (Wildman–Crippen LogP) is 6.76. The summed E-state index contributed by atoms with van der Waals surface area (Å²) in [5, 5.41) is 5.49. The van der Waals surface area contributed by atoms with Crippen molar-refractivity contribution in [2.24, 2.45) is 0 Å². The molecule has 0 atom stereocenters. The van der Waals surface area contributed by atoms with E-state index in [4.69, 9.17) is 11.6 Å². The minimum atomic E-state index is 0.734. The molecule has 0 aliphatic rings. The van der Waals surface area contributed by atoms with E-state index in [1.54, 1.807) is 0 Å². The van der Waals surface area contributed by atoms with Crippen molar-refractivity contribution in [1.82, 2.24) is 9.88 Å². The number of fused-ring (bicyclic) bond motifs is 1. The Morgan fingerprint density at radius 3 is 2.26 bits per heavy atom. The van der Waals surface area contributed by atoms with E-state index in [2.05, 4.69) is 41.2 Å². The first kappa shape index (κ1) is 22.0. The molecule has 1 aromatic carbocycles. The fourth-order valence-corrected chi connectivity index (χ4v) is 3.65. The van der Waals surface area contributed by atoms with Crippen LogP contribution >= 0.6 is 11.6 Å². The molecular formula is C23H36ClN3. The summed E-state index contributed by atoms with van der Waals surface area (Å²) in [6.45, 7) is 9.05. The topological polar surface area (TPSA) is 28.2 Å². The van der Waals surface area contributed by atoms with Crippen molar-refractivity contribution in [3.8, 4) is 0 Å². The molecule has 3 nitrogen and oxygen atoms in total. The third-order valence-corrected chi connectivity index (χ3v) is 5.34. The van der Waals surface area contributed by atoms with Crippen LogP contribution in [0.15, 0.2) is 30.5 Å². The number of anilines is 1. The second-order valence-corrected chi connectivity index (χ2v) is 7.85. The lowest BCUT2D eigenvalue weighted by Crippen LogP contribution is -2.31. The van der Waals surface area contributed by atoms with Crippen LogP contribution in [0.4, 0.5) is 5.69 Å². The molecule has 0 fully saturated rings. The second kappa shape index (κ2) is 13.0. The van der Waals surface area contributed by atoms with Crippen molar-refractivity contribution < 1.29 is 0 Å². The van der Waals surface area contributed by atoms with Crippen LogP contribution in [-0.4, -0.2) is 36.1 Å². The van der Waals surface area contributed by atoms with Crippen LogP contribution in [0.3, 0.4) is 0 Å². The summed E-state index contributed by atoms with van der Waals surface area (Å²) in [6.07, 6.45) is 12.5. The molecule has 0 bridgehead atoms. The van der Waals surface area contributed by atoms with Gasteiger partial charge in [0.1, 0.15) is 0 Å². The lowest BCUT2D eigenvalue weighted by atomic mass is 10.1. The zero-order chi connectivity index (χ0) is 19.3. The molecule has 2 aromatic rings. The Morgan fingerprint density at radius 1 is 0.889 bits per heavy atom. The molecule has 1 heterocycles. The molecule has 0 unspecified atom stereocenters. The Kier molecular flexibility index (Phi) is 10.5. The number of nitrogens with one attached hydrogen (secondary N) is 1. The number of pyridine rings is 1. The molecule has 0 saturated carbocycles. The summed E-state index contributed by atoms with van der Waals surface area (Å²) in [6, 6.07) is 7.98. The van der Waals surface area contributed by atoms with E-state index in [1.807, 2.05) is 18.3 Å². The van der Waals surface area contributed by atoms with E-state index in [1.165, 1.54) is 64.5 Å². The van der Waals surface area contributed by atoms with Gasteiger partial charge in [-0.05, 0) is 50.2 Å². The van der Waals surface area contributed by atoms with Crippen LogP contribution in [0.5, 0.6) is 0 Å². The van der Waals surface area contributed by atoms with Gasteiger partial charge in [0.25, 0.3) is 0 Å². The summed E-state index contributed by atoms with van der Waals surface area (Å²) in [4.78, 5) is 7.06. The van der Waals surface area contributed by atoms with Gasteiger partial charge in [0.05, 0.1) is 5.52 Å². The first-order chi connectivity index (χ1) is 13.2. The highest BCUT2D eigenvalue weighted by Crippen LogP contribution is 2.24. The zero-order valence-corrected chi connectivity index (χ0v) is 17.9. The maximum Gasteiger partial charge on any atom is 0.0737 e. The molecule has 4 heteroatoms. The summed E-state index contributed by atoms with van der Waals surface area (Å²) in [5.41, 5.74) is 2.09. The number of halogens is 1. The lowest BCUT2D eigenvalue weighted by Gasteiger charge is -2.23. The maximum atomic E-state index is 6.09. The highest BCUT2D eigenvalue weighted by atomic mass is 35.5. The fraction of sp³-hybridized carbons (Fsp3) is 0.609. The number of aromatic nitrogens is 1. The first-order valence-corrected chi connectivity index (χ1v) is 11.1. The molecule has 1 N–H and O–H groups in total. The van der Waals surface area contributed by atoms with Crippen molar-refractivity contribution >= 4 is 28.2 Å². The summed E-state index contributed by atoms with van der Waals surface area (Å²) >= 11 is 6.09. The SMILES string of the molecule is CCCCCCN(CCCCCC)CCNc1ccnc2cc(Cl)ccc12. The molecule has 0 spiro atoms. The van der Waals surface area contributed by atoms with Crippen molar-refractivity contribution in [1.29, 1.82) is 0 Å². The van der Waals surface area contributed by atoms with Crippen molar-refractivity contribution in [3.05, 3.63) is 35.5 Å². The van der Waals surface area contributed by atoms with E-state index in [-0.39, 0.29) is 0 Å². The summed E-state index contributed by atoms with van der Waals surface area (Å²) in [7, 11) is 0. The fourth-order valence-electron chi connectivity index (χ4n) is 3.48. The Labute approximate surface area is 170 Å². The molecule has 0 amide bonds. The van der Waals surface area contributed by atoms with Crippen LogP contribution in [0.1, 0.15) is 65.2 Å². The van der Waals surface area contributed by atoms with E-state index in [9.17, 15) is 0 Å². The highest BCUT2D eigenvalue weighted by Gasteiger charge is 2.06. The van der Waals surface area contributed by atoms with E-state index < -0.39 is 0 Å². The molecule has 0 aliphatic carbocycles. The summed E-state index contributed by atoms with van der Waals surface area (Å²) in [5.74, 6) is 0. The molecule has 150 valence electrons. The van der Waals surface area contributed by atoms with Gasteiger partial charge in [0, 0.05) is 35.4 Å². The van der Waals surface area contributed by atoms with E-state index in [0.717, 1.165) is 34.7 Å². The Hall–Kier alpha value is -1.32. The average molecular weight is 390 g/mol. The standard InChI is InChI=1S/C23H36ClN3/c1-3-5-7-9-16-27(17-10-8-6-4-2)18-15-26-22-13-14-25-23-19-20(24)11-12-21(22)23/h11-14,19H,3-10,15-18H2,1-2H3,(H,25,26). The molecule has 27 heavy (non-hydrogen) atoms. The minimum absolute atomic E-state index is 0.734. The smallest absolute Gasteiger partial charge is 0.0737 e. The summed E-state index contributed by atoms with van der Waals surface area (Å²) < 4.78 is 0. The van der Waals surface area contributed by atoms with Crippen molar-refractivity contribution in [2.75, 3.05) is 31.5 Å². The Balaban J connectivity index is 1.85. The second-order valence-electron chi connectivity index (χ2n) is 7.41. The van der Waals surface area contributed by atoms with Crippen LogP contribution in [-0.2, 0) is 0 Å². The van der Waals surface area contributed by atoms with Crippen molar-refractivity contribution in [3.63, 3.8) is 0 Å². The number of nitrogens with zero attached hydrogens (tertiary/aromatic N) is 2. The molecule has 0 aliphatic heterocycles. The molecule has 1 aromatic heterocycles.